The third-order valence-corrected chi connectivity index (χ3v) is 3.45. The Kier molecular flexibility index (Phi) is 3.00. The highest BCUT2D eigenvalue weighted by atomic mass is 16.3. The number of pyridine rings is 1. The van der Waals surface area contributed by atoms with Gasteiger partial charge >= 0.3 is 0 Å². The Morgan fingerprint density at radius 1 is 1.28 bits per heavy atom. The summed E-state index contributed by atoms with van der Waals surface area (Å²) >= 11 is 0. The lowest BCUT2D eigenvalue weighted by molar-refractivity contribution is 0.509. The SMILES string of the molecule is Cc1ncoc1CNc1ccc2c(n1)CCCC2. The van der Waals surface area contributed by atoms with Crippen LogP contribution in [0, 0.1) is 6.92 Å². The summed E-state index contributed by atoms with van der Waals surface area (Å²) in [6, 6.07) is 4.24. The van der Waals surface area contributed by atoms with Crippen LogP contribution in [0.15, 0.2) is 22.9 Å². The van der Waals surface area contributed by atoms with E-state index < -0.39 is 0 Å². The van der Waals surface area contributed by atoms with E-state index in [1.807, 2.05) is 6.92 Å². The molecule has 2 heterocycles. The summed E-state index contributed by atoms with van der Waals surface area (Å²) in [5.74, 6) is 1.79. The lowest BCUT2D eigenvalue weighted by Crippen LogP contribution is -2.08. The standard InChI is InChI=1S/C14H17N3O/c1-10-13(18-9-16-10)8-15-14-7-6-11-4-2-3-5-12(11)17-14/h6-7,9H,2-5,8H2,1H3,(H,15,17). The summed E-state index contributed by atoms with van der Waals surface area (Å²) in [7, 11) is 0. The number of oxazole rings is 1. The lowest BCUT2D eigenvalue weighted by atomic mass is 9.96. The quantitative estimate of drug-likeness (QED) is 0.900. The van der Waals surface area contributed by atoms with Gasteiger partial charge in [0, 0.05) is 5.69 Å². The Labute approximate surface area is 106 Å². The van der Waals surface area contributed by atoms with Gasteiger partial charge in [-0.15, -0.1) is 0 Å². The van der Waals surface area contributed by atoms with Gasteiger partial charge in [-0.3, -0.25) is 0 Å². The fourth-order valence-corrected chi connectivity index (χ4v) is 2.35. The van der Waals surface area contributed by atoms with Crippen molar-refractivity contribution in [2.75, 3.05) is 5.32 Å². The fourth-order valence-electron chi connectivity index (χ4n) is 2.35. The maximum Gasteiger partial charge on any atom is 0.181 e. The molecule has 0 radical (unpaired) electrons. The van der Waals surface area contributed by atoms with E-state index in [0.29, 0.717) is 6.54 Å². The number of hydrogen-bond acceptors (Lipinski definition) is 4. The molecule has 1 aliphatic rings. The summed E-state index contributed by atoms with van der Waals surface area (Å²) in [4.78, 5) is 8.74. The number of aromatic nitrogens is 2. The van der Waals surface area contributed by atoms with Gasteiger partial charge in [-0.05, 0) is 44.2 Å². The first-order valence-corrected chi connectivity index (χ1v) is 6.44. The molecule has 1 aliphatic carbocycles. The first-order chi connectivity index (χ1) is 8.83. The van der Waals surface area contributed by atoms with Crippen molar-refractivity contribution in [3.8, 4) is 0 Å². The average Bonchev–Trinajstić information content (AvgIpc) is 2.82. The average molecular weight is 243 g/mol. The number of fused-ring (bicyclic) bond motifs is 1. The van der Waals surface area contributed by atoms with Crippen LogP contribution in [0.3, 0.4) is 0 Å². The van der Waals surface area contributed by atoms with Gasteiger partial charge < -0.3 is 9.73 Å². The molecule has 0 aromatic carbocycles. The highest BCUT2D eigenvalue weighted by molar-refractivity contribution is 5.40. The van der Waals surface area contributed by atoms with Crippen molar-refractivity contribution in [2.24, 2.45) is 0 Å². The zero-order chi connectivity index (χ0) is 12.4. The van der Waals surface area contributed by atoms with Gasteiger partial charge in [0.05, 0.1) is 12.2 Å². The first kappa shape index (κ1) is 11.3. The van der Waals surface area contributed by atoms with E-state index in [-0.39, 0.29) is 0 Å². The molecule has 0 aliphatic heterocycles. The molecule has 94 valence electrons. The zero-order valence-corrected chi connectivity index (χ0v) is 10.6. The highest BCUT2D eigenvalue weighted by Crippen LogP contribution is 2.21. The van der Waals surface area contributed by atoms with Crippen molar-refractivity contribution in [1.82, 2.24) is 9.97 Å². The molecule has 4 nitrogen and oxygen atoms in total. The Hall–Kier alpha value is -1.84. The molecule has 2 aromatic rings. The van der Waals surface area contributed by atoms with Gasteiger partial charge in [0.25, 0.3) is 0 Å². The Balaban J connectivity index is 1.71. The third kappa shape index (κ3) is 2.23. The van der Waals surface area contributed by atoms with Crippen LogP contribution in [-0.2, 0) is 19.4 Å². The van der Waals surface area contributed by atoms with Gasteiger partial charge in [-0.1, -0.05) is 6.07 Å². The number of nitrogens with one attached hydrogen (secondary N) is 1. The zero-order valence-electron chi connectivity index (χ0n) is 10.6. The van der Waals surface area contributed by atoms with Crippen LogP contribution in [-0.4, -0.2) is 9.97 Å². The predicted octanol–water partition coefficient (Wildman–Crippen LogP) is 2.87. The van der Waals surface area contributed by atoms with Crippen molar-refractivity contribution < 1.29 is 4.42 Å². The van der Waals surface area contributed by atoms with Crippen LogP contribution < -0.4 is 5.32 Å². The van der Waals surface area contributed by atoms with Crippen molar-refractivity contribution >= 4 is 5.82 Å². The molecule has 0 bridgehead atoms. The number of anilines is 1. The van der Waals surface area contributed by atoms with E-state index in [2.05, 4.69) is 27.4 Å². The molecule has 2 aromatic heterocycles. The van der Waals surface area contributed by atoms with Crippen LogP contribution in [0.4, 0.5) is 5.82 Å². The second kappa shape index (κ2) is 4.80. The normalized spacial score (nSPS) is 14.3. The third-order valence-electron chi connectivity index (χ3n) is 3.45. The first-order valence-electron chi connectivity index (χ1n) is 6.44. The largest absolute Gasteiger partial charge is 0.446 e. The Morgan fingerprint density at radius 3 is 3.00 bits per heavy atom. The minimum absolute atomic E-state index is 0.637. The van der Waals surface area contributed by atoms with Gasteiger partial charge in [-0.2, -0.15) is 0 Å². The molecule has 0 fully saturated rings. The minimum Gasteiger partial charge on any atom is -0.446 e. The molecule has 0 saturated heterocycles. The predicted molar refractivity (Wildman–Crippen MR) is 69.4 cm³/mol. The second-order valence-electron chi connectivity index (χ2n) is 4.72. The Bertz CT molecular complexity index is 548. The van der Waals surface area contributed by atoms with E-state index in [0.717, 1.165) is 23.7 Å². The fraction of sp³-hybridized carbons (Fsp3) is 0.429. The number of hydrogen-bond donors (Lipinski definition) is 1. The van der Waals surface area contributed by atoms with Gasteiger partial charge in [0.1, 0.15) is 11.6 Å². The summed E-state index contributed by atoms with van der Waals surface area (Å²) < 4.78 is 5.30. The number of aryl methyl sites for hydroxylation is 3. The van der Waals surface area contributed by atoms with E-state index in [1.54, 1.807) is 0 Å². The van der Waals surface area contributed by atoms with Crippen LogP contribution in [0.2, 0.25) is 0 Å². The monoisotopic (exact) mass is 243 g/mol. The minimum atomic E-state index is 0.637. The maximum absolute atomic E-state index is 5.30. The topological polar surface area (TPSA) is 51.0 Å². The van der Waals surface area contributed by atoms with Gasteiger partial charge in [0.15, 0.2) is 6.39 Å². The van der Waals surface area contributed by atoms with Crippen LogP contribution >= 0.6 is 0 Å². The molecule has 18 heavy (non-hydrogen) atoms. The number of rotatable bonds is 3. The van der Waals surface area contributed by atoms with Gasteiger partial charge in [-0.25, -0.2) is 9.97 Å². The molecule has 0 amide bonds. The summed E-state index contributed by atoms with van der Waals surface area (Å²) in [5.41, 5.74) is 3.59. The van der Waals surface area contributed by atoms with Crippen molar-refractivity contribution in [3.05, 3.63) is 41.2 Å². The van der Waals surface area contributed by atoms with Gasteiger partial charge in [0.2, 0.25) is 0 Å². The molecule has 0 spiro atoms. The van der Waals surface area contributed by atoms with Crippen molar-refractivity contribution in [3.63, 3.8) is 0 Å². The summed E-state index contributed by atoms with van der Waals surface area (Å²) in [5, 5.41) is 3.29. The molecular formula is C14H17N3O. The molecule has 0 saturated carbocycles. The molecule has 3 rings (SSSR count). The maximum atomic E-state index is 5.30. The Morgan fingerprint density at radius 2 is 2.17 bits per heavy atom. The van der Waals surface area contributed by atoms with Crippen molar-refractivity contribution in [2.45, 2.75) is 39.2 Å². The smallest absolute Gasteiger partial charge is 0.181 e. The lowest BCUT2D eigenvalue weighted by Gasteiger charge is -2.15. The number of nitrogens with zero attached hydrogens (tertiary/aromatic N) is 2. The molecular weight excluding hydrogens is 226 g/mol. The van der Waals surface area contributed by atoms with E-state index in [1.165, 1.54) is 36.9 Å². The van der Waals surface area contributed by atoms with Crippen molar-refractivity contribution in [1.29, 1.82) is 0 Å². The summed E-state index contributed by atoms with van der Waals surface area (Å²) in [6.45, 7) is 2.58. The summed E-state index contributed by atoms with van der Waals surface area (Å²) in [6.07, 6.45) is 6.30. The second-order valence-corrected chi connectivity index (χ2v) is 4.72. The van der Waals surface area contributed by atoms with E-state index in [9.17, 15) is 0 Å². The van der Waals surface area contributed by atoms with Crippen LogP contribution in [0.5, 0.6) is 0 Å². The molecule has 0 atom stereocenters. The van der Waals surface area contributed by atoms with Crippen LogP contribution in [0.1, 0.15) is 35.6 Å². The molecule has 4 heteroatoms. The van der Waals surface area contributed by atoms with Crippen LogP contribution in [0.25, 0.3) is 0 Å². The molecule has 0 unspecified atom stereocenters. The van der Waals surface area contributed by atoms with E-state index in [4.69, 9.17) is 4.42 Å². The molecule has 1 N–H and O–H groups in total. The van der Waals surface area contributed by atoms with E-state index >= 15 is 0 Å². The highest BCUT2D eigenvalue weighted by Gasteiger charge is 2.11.